The predicted molar refractivity (Wildman–Crippen MR) is 71.1 cm³/mol. The van der Waals surface area contributed by atoms with E-state index in [1.807, 2.05) is 42.2 Å². The number of aliphatic hydroxyl groups is 1. The lowest BCUT2D eigenvalue weighted by Crippen LogP contribution is -2.26. The summed E-state index contributed by atoms with van der Waals surface area (Å²) in [6.07, 6.45) is 0. The van der Waals surface area contributed by atoms with Crippen LogP contribution in [0, 0.1) is 0 Å². The quantitative estimate of drug-likeness (QED) is 0.785. The molecule has 90 valence electrons. The monoisotopic (exact) mass is 231 g/mol. The van der Waals surface area contributed by atoms with E-state index in [0.717, 1.165) is 29.0 Å². The predicted octanol–water partition coefficient (Wildman–Crippen LogP) is 1.64. The van der Waals surface area contributed by atoms with Crippen LogP contribution in [-0.4, -0.2) is 29.8 Å². The summed E-state index contributed by atoms with van der Waals surface area (Å²) in [5.41, 5.74) is 7.39. The largest absolute Gasteiger partial charge is 0.399 e. The molecule has 0 aliphatic carbocycles. The molecule has 1 aromatic carbocycles. The molecule has 0 amide bonds. The minimum Gasteiger partial charge on any atom is -0.399 e. The van der Waals surface area contributed by atoms with Crippen LogP contribution in [0.3, 0.4) is 0 Å². The Balaban J connectivity index is 2.40. The van der Waals surface area contributed by atoms with Gasteiger partial charge in [-0.15, -0.1) is 0 Å². The fourth-order valence-electron chi connectivity index (χ4n) is 1.86. The van der Waals surface area contributed by atoms with Gasteiger partial charge < -0.3 is 15.7 Å². The summed E-state index contributed by atoms with van der Waals surface area (Å²) >= 11 is 0. The average molecular weight is 231 g/mol. The summed E-state index contributed by atoms with van der Waals surface area (Å²) in [5.74, 6) is 0.888. The fraction of sp³-hybridized carbons (Fsp3) is 0.308. The van der Waals surface area contributed by atoms with Crippen LogP contribution in [0.25, 0.3) is 10.9 Å². The second-order valence-electron chi connectivity index (χ2n) is 3.92. The van der Waals surface area contributed by atoms with E-state index in [1.54, 1.807) is 0 Å². The van der Waals surface area contributed by atoms with Crippen LogP contribution >= 0.6 is 0 Å². The maximum atomic E-state index is 8.99. The molecular formula is C13H17N3O. The number of hydrogen-bond donors (Lipinski definition) is 2. The molecule has 0 bridgehead atoms. The van der Waals surface area contributed by atoms with Crippen molar-refractivity contribution in [2.45, 2.75) is 6.92 Å². The molecule has 1 aromatic heterocycles. The van der Waals surface area contributed by atoms with Crippen molar-refractivity contribution in [3.05, 3.63) is 30.3 Å². The van der Waals surface area contributed by atoms with Crippen LogP contribution in [0.2, 0.25) is 0 Å². The van der Waals surface area contributed by atoms with Crippen LogP contribution in [0.15, 0.2) is 30.3 Å². The van der Waals surface area contributed by atoms with Crippen molar-refractivity contribution in [2.75, 3.05) is 30.3 Å². The molecule has 1 heterocycles. The zero-order valence-corrected chi connectivity index (χ0v) is 9.93. The van der Waals surface area contributed by atoms with Crippen LogP contribution in [-0.2, 0) is 0 Å². The zero-order chi connectivity index (χ0) is 12.3. The second kappa shape index (κ2) is 5.01. The molecule has 0 fully saturated rings. The van der Waals surface area contributed by atoms with E-state index in [2.05, 4.69) is 4.98 Å². The summed E-state index contributed by atoms with van der Waals surface area (Å²) < 4.78 is 0. The molecule has 0 radical (unpaired) electrons. The number of nitrogens with zero attached hydrogens (tertiary/aromatic N) is 2. The number of aromatic nitrogens is 1. The molecule has 0 atom stereocenters. The average Bonchev–Trinajstić information content (AvgIpc) is 2.35. The smallest absolute Gasteiger partial charge is 0.129 e. The molecule has 17 heavy (non-hydrogen) atoms. The highest BCUT2D eigenvalue weighted by molar-refractivity contribution is 5.83. The number of nitrogens with two attached hydrogens (primary N) is 1. The standard InChI is InChI=1S/C13H17N3O/c1-2-16(7-8-17)13-6-3-10-9-11(14)4-5-12(10)15-13/h3-6,9,17H,2,7-8,14H2,1H3. The van der Waals surface area contributed by atoms with Gasteiger partial charge in [0.2, 0.25) is 0 Å². The first-order valence-electron chi connectivity index (χ1n) is 5.76. The topological polar surface area (TPSA) is 62.4 Å². The zero-order valence-electron chi connectivity index (χ0n) is 9.93. The first-order valence-corrected chi connectivity index (χ1v) is 5.76. The first kappa shape index (κ1) is 11.7. The Morgan fingerprint density at radius 3 is 2.82 bits per heavy atom. The molecule has 0 unspecified atom stereocenters. The lowest BCUT2D eigenvalue weighted by molar-refractivity contribution is 0.302. The van der Waals surface area contributed by atoms with E-state index >= 15 is 0 Å². The number of aliphatic hydroxyl groups excluding tert-OH is 1. The second-order valence-corrected chi connectivity index (χ2v) is 3.92. The Bertz CT molecular complexity index is 513. The Labute approximate surface area is 101 Å². The van der Waals surface area contributed by atoms with E-state index in [4.69, 9.17) is 10.8 Å². The van der Waals surface area contributed by atoms with Gasteiger partial charge in [0, 0.05) is 24.2 Å². The molecule has 0 aliphatic rings. The van der Waals surface area contributed by atoms with Gasteiger partial charge >= 0.3 is 0 Å². The Hall–Kier alpha value is -1.81. The molecule has 0 saturated heterocycles. The molecule has 0 saturated carbocycles. The van der Waals surface area contributed by atoms with Gasteiger partial charge in [-0.1, -0.05) is 0 Å². The summed E-state index contributed by atoms with van der Waals surface area (Å²) in [6, 6.07) is 9.64. The van der Waals surface area contributed by atoms with Crippen molar-refractivity contribution in [3.8, 4) is 0 Å². The molecule has 3 N–H and O–H groups in total. The van der Waals surface area contributed by atoms with Crippen molar-refractivity contribution in [3.63, 3.8) is 0 Å². The van der Waals surface area contributed by atoms with Crippen LogP contribution in [0.1, 0.15) is 6.92 Å². The Morgan fingerprint density at radius 1 is 1.29 bits per heavy atom. The van der Waals surface area contributed by atoms with Crippen molar-refractivity contribution in [1.29, 1.82) is 0 Å². The summed E-state index contributed by atoms with van der Waals surface area (Å²) in [4.78, 5) is 6.60. The first-order chi connectivity index (χ1) is 8.24. The maximum absolute atomic E-state index is 8.99. The van der Waals surface area contributed by atoms with Crippen LogP contribution < -0.4 is 10.6 Å². The van der Waals surface area contributed by atoms with E-state index < -0.39 is 0 Å². The maximum Gasteiger partial charge on any atom is 0.129 e. The van der Waals surface area contributed by atoms with Gasteiger partial charge in [0.05, 0.1) is 12.1 Å². The van der Waals surface area contributed by atoms with Gasteiger partial charge in [-0.05, 0) is 37.3 Å². The van der Waals surface area contributed by atoms with Crippen molar-refractivity contribution in [1.82, 2.24) is 4.98 Å². The number of likely N-dealkylation sites (N-methyl/N-ethyl adjacent to an activating group) is 1. The third-order valence-electron chi connectivity index (χ3n) is 2.77. The van der Waals surface area contributed by atoms with Crippen molar-refractivity contribution in [2.24, 2.45) is 0 Å². The van der Waals surface area contributed by atoms with E-state index in [9.17, 15) is 0 Å². The number of rotatable bonds is 4. The van der Waals surface area contributed by atoms with E-state index in [0.29, 0.717) is 6.54 Å². The highest BCUT2D eigenvalue weighted by atomic mass is 16.3. The van der Waals surface area contributed by atoms with Crippen LogP contribution in [0.5, 0.6) is 0 Å². The molecule has 2 rings (SSSR count). The minimum absolute atomic E-state index is 0.134. The molecule has 4 nitrogen and oxygen atoms in total. The number of nitrogen functional groups attached to an aromatic ring is 1. The number of benzene rings is 1. The molecule has 2 aromatic rings. The van der Waals surface area contributed by atoms with E-state index in [1.165, 1.54) is 0 Å². The minimum atomic E-state index is 0.134. The number of hydrogen-bond acceptors (Lipinski definition) is 4. The summed E-state index contributed by atoms with van der Waals surface area (Å²) in [6.45, 7) is 3.61. The van der Waals surface area contributed by atoms with Gasteiger partial charge in [-0.3, -0.25) is 0 Å². The highest BCUT2D eigenvalue weighted by Gasteiger charge is 2.05. The molecule has 0 spiro atoms. The SMILES string of the molecule is CCN(CCO)c1ccc2cc(N)ccc2n1. The number of pyridine rings is 1. The van der Waals surface area contributed by atoms with Gasteiger partial charge in [0.25, 0.3) is 0 Å². The Kier molecular flexibility index (Phi) is 3.44. The summed E-state index contributed by atoms with van der Waals surface area (Å²) in [7, 11) is 0. The molecular weight excluding hydrogens is 214 g/mol. The lowest BCUT2D eigenvalue weighted by Gasteiger charge is -2.20. The van der Waals surface area contributed by atoms with Crippen molar-refractivity contribution < 1.29 is 5.11 Å². The van der Waals surface area contributed by atoms with Crippen molar-refractivity contribution >= 4 is 22.4 Å². The highest BCUT2D eigenvalue weighted by Crippen LogP contribution is 2.19. The fourth-order valence-corrected chi connectivity index (χ4v) is 1.86. The van der Waals surface area contributed by atoms with Gasteiger partial charge in [0.1, 0.15) is 5.82 Å². The number of anilines is 2. The van der Waals surface area contributed by atoms with Crippen LogP contribution in [0.4, 0.5) is 11.5 Å². The lowest BCUT2D eigenvalue weighted by atomic mass is 10.2. The number of fused-ring (bicyclic) bond motifs is 1. The van der Waals surface area contributed by atoms with Gasteiger partial charge in [-0.2, -0.15) is 0 Å². The van der Waals surface area contributed by atoms with Gasteiger partial charge in [-0.25, -0.2) is 4.98 Å². The third kappa shape index (κ3) is 2.47. The third-order valence-corrected chi connectivity index (χ3v) is 2.77. The normalized spacial score (nSPS) is 10.7. The molecule has 0 aliphatic heterocycles. The summed E-state index contributed by atoms with van der Waals surface area (Å²) in [5, 5.41) is 10.0. The Morgan fingerprint density at radius 2 is 2.12 bits per heavy atom. The van der Waals surface area contributed by atoms with E-state index in [-0.39, 0.29) is 6.61 Å². The molecule has 4 heteroatoms. The van der Waals surface area contributed by atoms with Gasteiger partial charge in [0.15, 0.2) is 0 Å².